The molecule has 15 heavy (non-hydrogen) atoms. The van der Waals surface area contributed by atoms with E-state index in [2.05, 4.69) is 26.1 Å². The molecule has 2 aliphatic rings. The molecule has 0 aromatic carbocycles. The maximum absolute atomic E-state index is 5.42. The van der Waals surface area contributed by atoms with Crippen LogP contribution in [0.2, 0.25) is 0 Å². The fourth-order valence-electron chi connectivity index (χ4n) is 1.82. The first-order valence-electron chi connectivity index (χ1n) is 5.66. The van der Waals surface area contributed by atoms with Crippen LogP contribution in [-0.4, -0.2) is 35.7 Å². The molecule has 0 saturated carbocycles. The molecule has 86 valence electrons. The van der Waals surface area contributed by atoms with E-state index in [0.29, 0.717) is 12.0 Å². The Morgan fingerprint density at radius 3 is 2.93 bits per heavy atom. The predicted octanol–water partition coefficient (Wildman–Crippen LogP) is 1.88. The molecule has 0 radical (unpaired) electrons. The Kier molecular flexibility index (Phi) is 3.26. The number of nitrogens with zero attached hydrogens (tertiary/aromatic N) is 1. The maximum atomic E-state index is 5.42. The lowest BCUT2D eigenvalue weighted by molar-refractivity contribution is 0.177. The summed E-state index contributed by atoms with van der Waals surface area (Å²) in [7, 11) is 0. The molecule has 2 aliphatic heterocycles. The highest BCUT2D eigenvalue weighted by molar-refractivity contribution is 8.14. The average Bonchev–Trinajstić information content (AvgIpc) is 2.75. The van der Waals surface area contributed by atoms with E-state index < -0.39 is 0 Å². The zero-order valence-electron chi connectivity index (χ0n) is 9.75. The Morgan fingerprint density at radius 1 is 1.60 bits per heavy atom. The Bertz CT molecular complexity index is 259. The lowest BCUT2D eigenvalue weighted by Gasteiger charge is -2.24. The van der Waals surface area contributed by atoms with E-state index in [1.165, 1.54) is 0 Å². The van der Waals surface area contributed by atoms with Crippen LogP contribution in [0.4, 0.5) is 0 Å². The Labute approximate surface area is 96.1 Å². The van der Waals surface area contributed by atoms with Crippen LogP contribution in [0.5, 0.6) is 0 Å². The molecule has 0 aliphatic carbocycles. The molecule has 0 spiro atoms. The van der Waals surface area contributed by atoms with E-state index in [1.807, 2.05) is 11.8 Å². The predicted molar refractivity (Wildman–Crippen MR) is 65.5 cm³/mol. The number of thioether (sulfide) groups is 1. The van der Waals surface area contributed by atoms with Gasteiger partial charge >= 0.3 is 0 Å². The van der Waals surface area contributed by atoms with Crippen molar-refractivity contribution in [3.63, 3.8) is 0 Å². The first-order chi connectivity index (χ1) is 7.09. The Morgan fingerprint density at radius 2 is 2.40 bits per heavy atom. The van der Waals surface area contributed by atoms with Crippen LogP contribution in [-0.2, 0) is 4.74 Å². The van der Waals surface area contributed by atoms with Crippen molar-refractivity contribution in [2.45, 2.75) is 38.8 Å². The molecule has 2 rings (SSSR count). The number of ether oxygens (including phenoxy) is 1. The first kappa shape index (κ1) is 11.3. The van der Waals surface area contributed by atoms with Crippen LogP contribution in [0.25, 0.3) is 0 Å². The van der Waals surface area contributed by atoms with Crippen molar-refractivity contribution in [1.82, 2.24) is 5.32 Å². The molecule has 2 heterocycles. The number of aliphatic imine (C=N–C) groups is 1. The van der Waals surface area contributed by atoms with Gasteiger partial charge in [0.25, 0.3) is 0 Å². The first-order valence-corrected chi connectivity index (χ1v) is 6.64. The molecule has 2 atom stereocenters. The van der Waals surface area contributed by atoms with Crippen LogP contribution >= 0.6 is 11.8 Å². The normalized spacial score (nSPS) is 36.0. The summed E-state index contributed by atoms with van der Waals surface area (Å²) in [6.07, 6.45) is 1.08. The number of rotatable bonds is 2. The largest absolute Gasteiger partial charge is 0.379 e. The van der Waals surface area contributed by atoms with Crippen LogP contribution in [0.1, 0.15) is 27.2 Å². The topological polar surface area (TPSA) is 33.6 Å². The fraction of sp³-hybridized carbons (Fsp3) is 0.909. The van der Waals surface area contributed by atoms with Gasteiger partial charge < -0.3 is 10.1 Å². The SMILES string of the molecule is CC(C)C1CSC(NC2(C)CCOC2)=N1. The summed E-state index contributed by atoms with van der Waals surface area (Å²) >= 11 is 1.85. The van der Waals surface area contributed by atoms with Gasteiger partial charge in [-0.3, -0.25) is 4.99 Å². The van der Waals surface area contributed by atoms with Crippen molar-refractivity contribution in [3.8, 4) is 0 Å². The second-order valence-electron chi connectivity index (χ2n) is 5.04. The molecule has 4 heteroatoms. The van der Waals surface area contributed by atoms with Crippen molar-refractivity contribution < 1.29 is 4.74 Å². The molecule has 1 N–H and O–H groups in total. The van der Waals surface area contributed by atoms with Crippen molar-refractivity contribution >= 4 is 16.9 Å². The zero-order valence-corrected chi connectivity index (χ0v) is 10.6. The average molecular weight is 228 g/mol. The summed E-state index contributed by atoms with van der Waals surface area (Å²) < 4.78 is 5.42. The second-order valence-corrected chi connectivity index (χ2v) is 6.05. The van der Waals surface area contributed by atoms with Gasteiger partial charge in [0.1, 0.15) is 0 Å². The van der Waals surface area contributed by atoms with Gasteiger partial charge in [-0.05, 0) is 19.3 Å². The van der Waals surface area contributed by atoms with Crippen LogP contribution in [0, 0.1) is 5.92 Å². The van der Waals surface area contributed by atoms with Gasteiger partial charge in [0, 0.05) is 12.4 Å². The second kappa shape index (κ2) is 4.34. The Balaban J connectivity index is 1.93. The lowest BCUT2D eigenvalue weighted by Crippen LogP contribution is -2.45. The molecule has 0 aromatic heterocycles. The maximum Gasteiger partial charge on any atom is 0.157 e. The molecular formula is C11H20N2OS. The van der Waals surface area contributed by atoms with Crippen molar-refractivity contribution in [2.75, 3.05) is 19.0 Å². The minimum Gasteiger partial charge on any atom is -0.379 e. The third-order valence-corrected chi connectivity index (χ3v) is 4.06. The minimum absolute atomic E-state index is 0.109. The van der Waals surface area contributed by atoms with Crippen LogP contribution in [0.15, 0.2) is 4.99 Å². The van der Waals surface area contributed by atoms with Gasteiger partial charge in [-0.15, -0.1) is 0 Å². The fourth-order valence-corrected chi connectivity index (χ4v) is 3.14. The summed E-state index contributed by atoms with van der Waals surface area (Å²) in [5.41, 5.74) is 0.109. The highest BCUT2D eigenvalue weighted by Crippen LogP contribution is 2.25. The van der Waals surface area contributed by atoms with Crippen LogP contribution < -0.4 is 5.32 Å². The highest BCUT2D eigenvalue weighted by Gasteiger charge is 2.32. The number of nitrogens with one attached hydrogen (secondary N) is 1. The van der Waals surface area contributed by atoms with Gasteiger partial charge in [-0.25, -0.2) is 0 Å². The third kappa shape index (κ3) is 2.67. The summed E-state index contributed by atoms with van der Waals surface area (Å²) in [4.78, 5) is 4.71. The van der Waals surface area contributed by atoms with Gasteiger partial charge in [0.05, 0.1) is 18.2 Å². The highest BCUT2D eigenvalue weighted by atomic mass is 32.2. The van der Waals surface area contributed by atoms with E-state index in [4.69, 9.17) is 9.73 Å². The van der Waals surface area contributed by atoms with Gasteiger partial charge in [-0.1, -0.05) is 25.6 Å². The third-order valence-electron chi connectivity index (χ3n) is 3.07. The summed E-state index contributed by atoms with van der Waals surface area (Å²) in [5.74, 6) is 1.76. The standard InChI is InChI=1S/C11H20N2OS/c1-8(2)9-6-15-10(12-9)13-11(3)4-5-14-7-11/h8-9H,4-7H2,1-3H3,(H,12,13). The molecule has 1 fully saturated rings. The van der Waals surface area contributed by atoms with E-state index in [1.54, 1.807) is 0 Å². The van der Waals surface area contributed by atoms with E-state index in [0.717, 1.165) is 30.6 Å². The smallest absolute Gasteiger partial charge is 0.157 e. The summed E-state index contributed by atoms with van der Waals surface area (Å²) in [5, 5.41) is 4.64. The quantitative estimate of drug-likeness (QED) is 0.783. The number of hydrogen-bond donors (Lipinski definition) is 1. The van der Waals surface area contributed by atoms with E-state index in [9.17, 15) is 0 Å². The molecule has 0 amide bonds. The molecular weight excluding hydrogens is 208 g/mol. The Hall–Kier alpha value is -0.220. The van der Waals surface area contributed by atoms with Gasteiger partial charge in [0.15, 0.2) is 5.17 Å². The summed E-state index contributed by atoms with van der Waals surface area (Å²) in [6.45, 7) is 8.36. The summed E-state index contributed by atoms with van der Waals surface area (Å²) in [6, 6.07) is 0.489. The number of amidine groups is 1. The van der Waals surface area contributed by atoms with Gasteiger partial charge in [0.2, 0.25) is 0 Å². The van der Waals surface area contributed by atoms with Crippen LogP contribution in [0.3, 0.4) is 0 Å². The monoisotopic (exact) mass is 228 g/mol. The van der Waals surface area contributed by atoms with E-state index in [-0.39, 0.29) is 5.54 Å². The molecule has 0 bridgehead atoms. The van der Waals surface area contributed by atoms with Crippen molar-refractivity contribution in [2.24, 2.45) is 10.9 Å². The molecule has 1 saturated heterocycles. The molecule has 2 unspecified atom stereocenters. The van der Waals surface area contributed by atoms with Crippen molar-refractivity contribution in [3.05, 3.63) is 0 Å². The molecule has 0 aromatic rings. The zero-order chi connectivity index (χ0) is 10.9. The van der Waals surface area contributed by atoms with E-state index >= 15 is 0 Å². The van der Waals surface area contributed by atoms with Gasteiger partial charge in [-0.2, -0.15) is 0 Å². The minimum atomic E-state index is 0.109. The lowest BCUT2D eigenvalue weighted by atomic mass is 10.0. The van der Waals surface area contributed by atoms with Crippen molar-refractivity contribution in [1.29, 1.82) is 0 Å². The number of hydrogen-bond acceptors (Lipinski definition) is 4. The molecule has 3 nitrogen and oxygen atoms in total.